The molecule has 0 saturated heterocycles. The SMILES string of the molecule is NCCC(=O)OC(=O)c1ccccc1. The normalized spacial score (nSPS) is 9.50. The van der Waals surface area contributed by atoms with Crippen molar-refractivity contribution in [3.05, 3.63) is 35.9 Å². The molecule has 1 rings (SSSR count). The molecule has 0 heterocycles. The van der Waals surface area contributed by atoms with Gasteiger partial charge in [0.15, 0.2) is 0 Å². The minimum Gasteiger partial charge on any atom is -0.389 e. The van der Waals surface area contributed by atoms with Gasteiger partial charge in [0, 0.05) is 6.54 Å². The molecule has 0 bridgehead atoms. The minimum atomic E-state index is -0.635. The molecule has 0 amide bonds. The van der Waals surface area contributed by atoms with Crippen molar-refractivity contribution < 1.29 is 14.3 Å². The minimum absolute atomic E-state index is 0.0541. The van der Waals surface area contributed by atoms with Gasteiger partial charge in [0.25, 0.3) is 0 Å². The van der Waals surface area contributed by atoms with Gasteiger partial charge in [-0.1, -0.05) is 18.2 Å². The van der Waals surface area contributed by atoms with Crippen LogP contribution in [0, 0.1) is 0 Å². The first-order valence-corrected chi connectivity index (χ1v) is 4.24. The molecule has 0 atom stereocenters. The van der Waals surface area contributed by atoms with E-state index in [0.29, 0.717) is 5.56 Å². The molecule has 4 nitrogen and oxygen atoms in total. The van der Waals surface area contributed by atoms with Crippen LogP contribution in [-0.2, 0) is 9.53 Å². The van der Waals surface area contributed by atoms with Gasteiger partial charge in [0.05, 0.1) is 12.0 Å². The summed E-state index contributed by atoms with van der Waals surface area (Å²) in [5, 5.41) is 0. The van der Waals surface area contributed by atoms with Crippen LogP contribution >= 0.6 is 0 Å². The fraction of sp³-hybridized carbons (Fsp3) is 0.200. The fourth-order valence-corrected chi connectivity index (χ4v) is 0.905. The highest BCUT2D eigenvalue weighted by atomic mass is 16.6. The van der Waals surface area contributed by atoms with E-state index in [0.717, 1.165) is 0 Å². The van der Waals surface area contributed by atoms with Crippen molar-refractivity contribution in [1.29, 1.82) is 0 Å². The number of benzene rings is 1. The topological polar surface area (TPSA) is 69.4 Å². The summed E-state index contributed by atoms with van der Waals surface area (Å²) in [6.45, 7) is 0.181. The number of esters is 2. The van der Waals surface area contributed by atoms with Gasteiger partial charge in [-0.05, 0) is 12.1 Å². The predicted octanol–water partition coefficient (Wildman–Crippen LogP) is 0.719. The van der Waals surface area contributed by atoms with E-state index in [9.17, 15) is 9.59 Å². The van der Waals surface area contributed by atoms with E-state index in [4.69, 9.17) is 5.73 Å². The van der Waals surface area contributed by atoms with Crippen molar-refractivity contribution in [2.24, 2.45) is 5.73 Å². The maximum atomic E-state index is 11.2. The van der Waals surface area contributed by atoms with Crippen LogP contribution < -0.4 is 5.73 Å². The Bertz CT molecular complexity index is 321. The van der Waals surface area contributed by atoms with Gasteiger partial charge in [0.2, 0.25) is 0 Å². The first-order chi connectivity index (χ1) is 6.74. The summed E-state index contributed by atoms with van der Waals surface area (Å²) in [4.78, 5) is 22.1. The molecule has 0 aliphatic rings. The Labute approximate surface area is 81.7 Å². The molecule has 74 valence electrons. The first-order valence-electron chi connectivity index (χ1n) is 4.24. The number of hydrogen-bond acceptors (Lipinski definition) is 4. The maximum absolute atomic E-state index is 11.2. The molecule has 0 spiro atoms. The van der Waals surface area contributed by atoms with Crippen molar-refractivity contribution in [3.8, 4) is 0 Å². The summed E-state index contributed by atoms with van der Waals surface area (Å²) in [5.41, 5.74) is 5.49. The zero-order valence-electron chi connectivity index (χ0n) is 7.60. The molecule has 0 fully saturated rings. The van der Waals surface area contributed by atoms with Gasteiger partial charge in [-0.25, -0.2) is 4.79 Å². The predicted molar refractivity (Wildman–Crippen MR) is 50.5 cm³/mol. The fourth-order valence-electron chi connectivity index (χ4n) is 0.905. The van der Waals surface area contributed by atoms with Gasteiger partial charge >= 0.3 is 11.9 Å². The highest BCUT2D eigenvalue weighted by Crippen LogP contribution is 2.01. The van der Waals surface area contributed by atoms with Gasteiger partial charge in [-0.15, -0.1) is 0 Å². The Balaban J connectivity index is 2.55. The highest BCUT2D eigenvalue weighted by molar-refractivity contribution is 5.96. The molecule has 1 aromatic rings. The average Bonchev–Trinajstić information content (AvgIpc) is 2.19. The Morgan fingerprint density at radius 3 is 2.43 bits per heavy atom. The summed E-state index contributed by atoms with van der Waals surface area (Å²) in [6.07, 6.45) is 0.0541. The largest absolute Gasteiger partial charge is 0.389 e. The van der Waals surface area contributed by atoms with Crippen molar-refractivity contribution in [3.63, 3.8) is 0 Å². The van der Waals surface area contributed by atoms with E-state index in [2.05, 4.69) is 4.74 Å². The quantitative estimate of drug-likeness (QED) is 0.567. The molecule has 4 heteroatoms. The summed E-state index contributed by atoms with van der Waals surface area (Å²) in [6, 6.07) is 8.34. The van der Waals surface area contributed by atoms with Crippen LogP contribution in [0.3, 0.4) is 0 Å². The number of hydrogen-bond donors (Lipinski definition) is 1. The molecule has 2 N–H and O–H groups in total. The van der Waals surface area contributed by atoms with Crippen LogP contribution in [0.25, 0.3) is 0 Å². The van der Waals surface area contributed by atoms with Gasteiger partial charge in [0.1, 0.15) is 0 Å². The highest BCUT2D eigenvalue weighted by Gasteiger charge is 2.10. The zero-order chi connectivity index (χ0) is 10.4. The summed E-state index contributed by atoms with van der Waals surface area (Å²) < 4.78 is 4.52. The van der Waals surface area contributed by atoms with Gasteiger partial charge < -0.3 is 10.5 Å². The average molecular weight is 193 g/mol. The Hall–Kier alpha value is -1.68. The van der Waals surface area contributed by atoms with E-state index >= 15 is 0 Å². The Kier molecular flexibility index (Phi) is 3.82. The van der Waals surface area contributed by atoms with Crippen molar-refractivity contribution in [2.75, 3.05) is 6.54 Å². The van der Waals surface area contributed by atoms with E-state index < -0.39 is 11.9 Å². The van der Waals surface area contributed by atoms with Crippen molar-refractivity contribution >= 4 is 11.9 Å². The van der Waals surface area contributed by atoms with E-state index in [1.165, 1.54) is 0 Å². The molecule has 0 radical (unpaired) electrons. The van der Waals surface area contributed by atoms with Crippen molar-refractivity contribution in [1.82, 2.24) is 0 Å². The van der Waals surface area contributed by atoms with Crippen molar-refractivity contribution in [2.45, 2.75) is 6.42 Å². The smallest absolute Gasteiger partial charge is 0.345 e. The summed E-state index contributed by atoms with van der Waals surface area (Å²) >= 11 is 0. The number of ether oxygens (including phenoxy) is 1. The monoisotopic (exact) mass is 193 g/mol. The molecule has 14 heavy (non-hydrogen) atoms. The van der Waals surface area contributed by atoms with Crippen LogP contribution in [0.5, 0.6) is 0 Å². The van der Waals surface area contributed by atoms with E-state index in [-0.39, 0.29) is 13.0 Å². The molecular weight excluding hydrogens is 182 g/mol. The van der Waals surface area contributed by atoms with Gasteiger partial charge in [-0.2, -0.15) is 0 Å². The van der Waals surface area contributed by atoms with Gasteiger partial charge in [-0.3, -0.25) is 4.79 Å². The lowest BCUT2D eigenvalue weighted by molar-refractivity contribution is -0.137. The molecule has 0 aromatic heterocycles. The van der Waals surface area contributed by atoms with E-state index in [1.807, 2.05) is 0 Å². The van der Waals surface area contributed by atoms with Crippen LogP contribution in [0.2, 0.25) is 0 Å². The third-order valence-electron chi connectivity index (χ3n) is 1.56. The zero-order valence-corrected chi connectivity index (χ0v) is 7.60. The number of carbonyl (C=O) groups is 2. The molecule has 0 saturated carbocycles. The van der Waals surface area contributed by atoms with Crippen LogP contribution in [-0.4, -0.2) is 18.5 Å². The second-order valence-electron chi connectivity index (χ2n) is 2.67. The second kappa shape index (κ2) is 5.14. The first kappa shape index (κ1) is 10.4. The third kappa shape index (κ3) is 2.99. The lowest BCUT2D eigenvalue weighted by Gasteiger charge is -2.00. The molecule has 0 aliphatic heterocycles. The molecule has 1 aromatic carbocycles. The summed E-state index contributed by atoms with van der Waals surface area (Å²) in [7, 11) is 0. The molecule has 0 aliphatic carbocycles. The second-order valence-corrected chi connectivity index (χ2v) is 2.67. The summed E-state index contributed by atoms with van der Waals surface area (Å²) in [5.74, 6) is -1.23. The lowest BCUT2D eigenvalue weighted by Crippen LogP contribution is -2.15. The maximum Gasteiger partial charge on any atom is 0.345 e. The Morgan fingerprint density at radius 1 is 1.21 bits per heavy atom. The number of nitrogens with two attached hydrogens (primary N) is 1. The lowest BCUT2D eigenvalue weighted by atomic mass is 10.2. The molecule has 0 unspecified atom stereocenters. The Morgan fingerprint density at radius 2 is 1.86 bits per heavy atom. The van der Waals surface area contributed by atoms with Crippen LogP contribution in [0.1, 0.15) is 16.8 Å². The standard InChI is InChI=1S/C10H11NO3/c11-7-6-9(12)14-10(13)8-4-2-1-3-5-8/h1-5H,6-7,11H2. The van der Waals surface area contributed by atoms with Crippen LogP contribution in [0.4, 0.5) is 0 Å². The molecular formula is C10H11NO3. The number of carbonyl (C=O) groups excluding carboxylic acids is 2. The van der Waals surface area contributed by atoms with E-state index in [1.54, 1.807) is 30.3 Å². The van der Waals surface area contributed by atoms with Crippen LogP contribution in [0.15, 0.2) is 30.3 Å². The third-order valence-corrected chi connectivity index (χ3v) is 1.56. The number of rotatable bonds is 3.